The molecule has 0 fully saturated rings. The van der Waals surface area contributed by atoms with E-state index in [1.165, 1.54) is 18.2 Å². The molecule has 0 bridgehead atoms. The van der Waals surface area contributed by atoms with Crippen LogP contribution in [-0.2, 0) is 0 Å². The van der Waals surface area contributed by atoms with Crippen molar-refractivity contribution in [3.63, 3.8) is 0 Å². The maximum atomic E-state index is 13.9. The number of hydrogen-bond acceptors (Lipinski definition) is 3. The van der Waals surface area contributed by atoms with Crippen LogP contribution in [0.5, 0.6) is 0 Å². The van der Waals surface area contributed by atoms with Crippen molar-refractivity contribution in [2.45, 2.75) is 6.92 Å². The van der Waals surface area contributed by atoms with Crippen LogP contribution in [0.2, 0.25) is 0 Å². The van der Waals surface area contributed by atoms with E-state index < -0.39 is 0 Å². The first-order valence-electron chi connectivity index (χ1n) is 6.81. The van der Waals surface area contributed by atoms with Crippen LogP contribution in [0.1, 0.15) is 21.8 Å². The number of aryl methyl sites for hydroxylation is 1. The number of benzene rings is 1. The normalized spacial score (nSPS) is 9.38. The molecular weight excluding hydrogens is 345 g/mol. The van der Waals surface area contributed by atoms with E-state index in [2.05, 4.69) is 21.8 Å². The van der Waals surface area contributed by atoms with E-state index in [1.807, 2.05) is 18.4 Å². The van der Waals surface area contributed by atoms with Crippen LogP contribution in [0.15, 0.2) is 41.9 Å². The number of aromatic nitrogens is 2. The molecular formula is C18H11ClFN3S. The quantitative estimate of drug-likeness (QED) is 0.591. The van der Waals surface area contributed by atoms with Gasteiger partial charge in [0.2, 0.25) is 5.69 Å². The molecule has 3 aromatic rings. The van der Waals surface area contributed by atoms with Crippen LogP contribution >= 0.6 is 11.3 Å². The molecule has 2 aromatic heterocycles. The molecule has 24 heavy (non-hydrogen) atoms. The van der Waals surface area contributed by atoms with Crippen molar-refractivity contribution in [2.24, 2.45) is 0 Å². The van der Waals surface area contributed by atoms with Gasteiger partial charge in [-0.2, -0.15) is 5.26 Å². The predicted molar refractivity (Wildman–Crippen MR) is 85.9 cm³/mol. The molecule has 1 N–H and O–H groups in total. The molecule has 3 rings (SSSR count). The van der Waals surface area contributed by atoms with E-state index in [0.717, 1.165) is 16.3 Å². The molecule has 0 aliphatic heterocycles. The Balaban J connectivity index is 0.00000208. The monoisotopic (exact) mass is 355 g/mol. The highest BCUT2D eigenvalue weighted by molar-refractivity contribution is 7.09. The van der Waals surface area contributed by atoms with Crippen molar-refractivity contribution < 1.29 is 21.8 Å². The zero-order valence-corrected chi connectivity index (χ0v) is 14.2. The van der Waals surface area contributed by atoms with Gasteiger partial charge in [0.15, 0.2) is 6.20 Å². The first-order valence-corrected chi connectivity index (χ1v) is 7.69. The summed E-state index contributed by atoms with van der Waals surface area (Å²) in [4.78, 5) is 7.29. The molecule has 0 radical (unpaired) electrons. The second kappa shape index (κ2) is 7.70. The summed E-state index contributed by atoms with van der Waals surface area (Å²) in [6.45, 7) is 1.93. The number of aromatic amines is 1. The number of nitrogens with zero attached hydrogens (tertiary/aromatic N) is 2. The summed E-state index contributed by atoms with van der Waals surface area (Å²) in [5.41, 5.74) is 2.88. The number of nitrogens with one attached hydrogen (secondary N) is 1. The van der Waals surface area contributed by atoms with Gasteiger partial charge in [-0.05, 0) is 37.1 Å². The molecule has 0 spiro atoms. The molecule has 118 valence electrons. The Hall–Kier alpha value is -2.73. The molecule has 0 saturated carbocycles. The maximum absolute atomic E-state index is 13.9. The number of thiazole rings is 1. The Labute approximate surface area is 149 Å². The van der Waals surface area contributed by atoms with Gasteiger partial charge in [0.25, 0.3) is 0 Å². The van der Waals surface area contributed by atoms with Gasteiger partial charge < -0.3 is 12.4 Å². The van der Waals surface area contributed by atoms with E-state index in [9.17, 15) is 4.39 Å². The highest BCUT2D eigenvalue weighted by Crippen LogP contribution is 2.20. The fourth-order valence-electron chi connectivity index (χ4n) is 2.03. The SMILES string of the molecule is Cc1nc(C#Cc2ccc(-c3cc(C#N)ccc3F)[nH+]c2)cs1.[Cl-]. The molecule has 2 heterocycles. The first-order chi connectivity index (χ1) is 11.2. The molecule has 0 aliphatic rings. The van der Waals surface area contributed by atoms with Crippen molar-refractivity contribution in [3.05, 3.63) is 69.6 Å². The number of hydrogen-bond donors (Lipinski definition) is 0. The Bertz CT molecular complexity index is 962. The third-order valence-electron chi connectivity index (χ3n) is 3.15. The van der Waals surface area contributed by atoms with E-state index in [-0.39, 0.29) is 18.2 Å². The minimum Gasteiger partial charge on any atom is -1.00 e. The zero-order valence-electron chi connectivity index (χ0n) is 12.6. The average Bonchev–Trinajstić information content (AvgIpc) is 2.99. The van der Waals surface area contributed by atoms with Gasteiger partial charge in [0, 0.05) is 11.4 Å². The molecule has 0 aliphatic carbocycles. The Morgan fingerprint density at radius 3 is 2.58 bits per heavy atom. The van der Waals surface area contributed by atoms with Gasteiger partial charge in [0.1, 0.15) is 11.5 Å². The minimum absolute atomic E-state index is 0. The second-order valence-electron chi connectivity index (χ2n) is 4.80. The summed E-state index contributed by atoms with van der Waals surface area (Å²) in [5.74, 6) is 5.61. The maximum Gasteiger partial charge on any atom is 0.213 e. The fraction of sp³-hybridized carbons (Fsp3) is 0.0556. The van der Waals surface area contributed by atoms with Crippen LogP contribution in [-0.4, -0.2) is 4.98 Å². The molecule has 6 heteroatoms. The van der Waals surface area contributed by atoms with Crippen molar-refractivity contribution in [2.75, 3.05) is 0 Å². The van der Waals surface area contributed by atoms with Crippen molar-refractivity contribution in [3.8, 4) is 29.2 Å². The summed E-state index contributed by atoms with van der Waals surface area (Å²) in [7, 11) is 0. The van der Waals surface area contributed by atoms with E-state index >= 15 is 0 Å². The molecule has 0 unspecified atom stereocenters. The second-order valence-corrected chi connectivity index (χ2v) is 5.86. The average molecular weight is 356 g/mol. The minimum atomic E-state index is -0.378. The molecule has 0 saturated heterocycles. The third kappa shape index (κ3) is 3.97. The fourth-order valence-corrected chi connectivity index (χ4v) is 2.57. The van der Waals surface area contributed by atoms with Crippen LogP contribution in [0.25, 0.3) is 11.3 Å². The van der Waals surface area contributed by atoms with Gasteiger partial charge in [-0.1, -0.05) is 5.92 Å². The summed E-state index contributed by atoms with van der Waals surface area (Å²) in [6.07, 6.45) is 1.71. The lowest BCUT2D eigenvalue weighted by Gasteiger charge is -1.98. The van der Waals surface area contributed by atoms with E-state index in [4.69, 9.17) is 5.26 Å². The van der Waals surface area contributed by atoms with E-state index in [1.54, 1.807) is 29.7 Å². The van der Waals surface area contributed by atoms with Gasteiger partial charge in [-0.25, -0.2) is 14.4 Å². The largest absolute Gasteiger partial charge is 1.00 e. The summed E-state index contributed by atoms with van der Waals surface area (Å²) >= 11 is 1.55. The van der Waals surface area contributed by atoms with Crippen LogP contribution < -0.4 is 17.4 Å². The summed E-state index contributed by atoms with van der Waals surface area (Å²) < 4.78 is 13.9. The molecule has 3 nitrogen and oxygen atoms in total. The van der Waals surface area contributed by atoms with Crippen LogP contribution in [0.4, 0.5) is 4.39 Å². The zero-order chi connectivity index (χ0) is 16.2. The highest BCUT2D eigenvalue weighted by Gasteiger charge is 2.12. The van der Waals surface area contributed by atoms with Crippen molar-refractivity contribution >= 4 is 11.3 Å². The first kappa shape index (κ1) is 17.6. The lowest BCUT2D eigenvalue weighted by atomic mass is 10.1. The number of nitriles is 1. The van der Waals surface area contributed by atoms with Gasteiger partial charge in [0.05, 0.1) is 27.8 Å². The Kier molecular flexibility index (Phi) is 5.65. The summed E-state index contributed by atoms with van der Waals surface area (Å²) in [6, 6.07) is 9.82. The highest BCUT2D eigenvalue weighted by atomic mass is 35.5. The number of H-pyrrole nitrogens is 1. The van der Waals surface area contributed by atoms with Gasteiger partial charge >= 0.3 is 0 Å². The predicted octanol–water partition coefficient (Wildman–Crippen LogP) is 0.347. The third-order valence-corrected chi connectivity index (χ3v) is 3.93. The number of halogens is 2. The van der Waals surface area contributed by atoms with Crippen LogP contribution in [0, 0.1) is 35.9 Å². The van der Waals surface area contributed by atoms with E-state index in [0.29, 0.717) is 16.8 Å². The van der Waals surface area contributed by atoms with Crippen molar-refractivity contribution in [1.29, 1.82) is 5.26 Å². The Morgan fingerprint density at radius 1 is 1.17 bits per heavy atom. The summed E-state index contributed by atoms with van der Waals surface area (Å²) in [5, 5.41) is 11.8. The topological polar surface area (TPSA) is 50.8 Å². The van der Waals surface area contributed by atoms with Crippen molar-refractivity contribution in [1.82, 2.24) is 4.98 Å². The number of pyridine rings is 1. The molecule has 0 atom stereocenters. The molecule has 1 aromatic carbocycles. The van der Waals surface area contributed by atoms with Gasteiger partial charge in [-0.15, -0.1) is 11.3 Å². The number of rotatable bonds is 1. The van der Waals surface area contributed by atoms with Crippen LogP contribution in [0.3, 0.4) is 0 Å². The lowest BCUT2D eigenvalue weighted by molar-refractivity contribution is -0.365. The standard InChI is InChI=1S/C18H10FN3S.ClH/c1-12-22-15(11-23-12)5-2-13-4-7-18(21-10-13)16-8-14(9-20)3-6-17(16)19;/h3-4,6-8,10-11H,1H3;1H. The Morgan fingerprint density at radius 2 is 1.96 bits per heavy atom. The van der Waals surface area contributed by atoms with Gasteiger partial charge in [-0.3, -0.25) is 0 Å². The lowest BCUT2D eigenvalue weighted by Crippen LogP contribution is -3.00. The smallest absolute Gasteiger partial charge is 0.213 e. The molecule has 0 amide bonds.